The first-order valence-corrected chi connectivity index (χ1v) is 7.04. The van der Waals surface area contributed by atoms with Gasteiger partial charge in [-0.1, -0.05) is 0 Å². The lowest BCUT2D eigenvalue weighted by Gasteiger charge is -2.35. The van der Waals surface area contributed by atoms with Crippen LogP contribution in [0.2, 0.25) is 0 Å². The molecule has 0 aromatic carbocycles. The lowest BCUT2D eigenvalue weighted by molar-refractivity contribution is -0.141. The molecule has 7 heteroatoms. The van der Waals surface area contributed by atoms with Gasteiger partial charge in [-0.05, 0) is 25.7 Å². The number of carbonyl (C=O) groups is 3. The number of carbonyl (C=O) groups excluding carboxylic acids is 2. The van der Waals surface area contributed by atoms with Gasteiger partial charge in [0.1, 0.15) is 6.04 Å². The molecule has 0 aromatic heterocycles. The minimum absolute atomic E-state index is 0.0154. The number of carboxylic acids is 1. The largest absolute Gasteiger partial charge is 0.480 e. The number of hydrogen-bond donors (Lipinski definition) is 2. The Morgan fingerprint density at radius 1 is 1.10 bits per heavy atom. The molecule has 2 heterocycles. The summed E-state index contributed by atoms with van der Waals surface area (Å²) >= 11 is 0. The van der Waals surface area contributed by atoms with Crippen LogP contribution in [-0.4, -0.2) is 65.5 Å². The van der Waals surface area contributed by atoms with E-state index in [4.69, 9.17) is 5.11 Å². The zero-order valence-corrected chi connectivity index (χ0v) is 11.7. The van der Waals surface area contributed by atoms with E-state index in [1.54, 1.807) is 11.9 Å². The van der Waals surface area contributed by atoms with Crippen molar-refractivity contribution in [3.8, 4) is 0 Å². The van der Waals surface area contributed by atoms with E-state index in [2.05, 4.69) is 5.32 Å². The Morgan fingerprint density at radius 3 is 2.30 bits per heavy atom. The maximum absolute atomic E-state index is 12.3. The van der Waals surface area contributed by atoms with Crippen LogP contribution in [0.3, 0.4) is 0 Å². The van der Waals surface area contributed by atoms with E-state index >= 15 is 0 Å². The molecule has 0 aromatic rings. The van der Waals surface area contributed by atoms with Crippen LogP contribution in [0, 0.1) is 5.92 Å². The number of urea groups is 1. The quantitative estimate of drug-likeness (QED) is 0.753. The van der Waals surface area contributed by atoms with Crippen LogP contribution in [-0.2, 0) is 9.59 Å². The number of amides is 3. The van der Waals surface area contributed by atoms with E-state index in [-0.39, 0.29) is 17.9 Å². The summed E-state index contributed by atoms with van der Waals surface area (Å²) in [6.45, 7) is 1.53. The molecule has 2 rings (SSSR count). The Hall–Kier alpha value is -1.79. The summed E-state index contributed by atoms with van der Waals surface area (Å²) in [5.74, 6) is -0.962. The molecule has 2 aliphatic heterocycles. The van der Waals surface area contributed by atoms with E-state index in [1.165, 1.54) is 4.90 Å². The van der Waals surface area contributed by atoms with Crippen LogP contribution in [0.5, 0.6) is 0 Å². The molecule has 2 aliphatic rings. The number of likely N-dealkylation sites (tertiary alicyclic amines) is 2. The summed E-state index contributed by atoms with van der Waals surface area (Å²) in [5.41, 5.74) is 0. The average Bonchev–Trinajstić information content (AvgIpc) is 2.95. The van der Waals surface area contributed by atoms with Gasteiger partial charge in [0.25, 0.3) is 0 Å². The smallest absolute Gasteiger partial charge is 0.326 e. The molecule has 2 saturated heterocycles. The predicted molar refractivity (Wildman–Crippen MR) is 71.1 cm³/mol. The van der Waals surface area contributed by atoms with Crippen LogP contribution in [0.4, 0.5) is 4.79 Å². The molecule has 7 nitrogen and oxygen atoms in total. The normalized spacial score (nSPS) is 23.8. The molecule has 0 bridgehead atoms. The van der Waals surface area contributed by atoms with Crippen LogP contribution >= 0.6 is 0 Å². The van der Waals surface area contributed by atoms with Crippen LogP contribution in [0.1, 0.15) is 25.7 Å². The molecule has 2 N–H and O–H groups in total. The van der Waals surface area contributed by atoms with Crippen molar-refractivity contribution in [2.45, 2.75) is 31.7 Å². The fourth-order valence-corrected chi connectivity index (χ4v) is 2.97. The average molecular weight is 283 g/mol. The monoisotopic (exact) mass is 283 g/mol. The summed E-state index contributed by atoms with van der Waals surface area (Å²) in [6.07, 6.45) is 2.53. The zero-order valence-electron chi connectivity index (χ0n) is 11.7. The number of nitrogens with zero attached hydrogens (tertiary/aromatic N) is 2. The lowest BCUT2D eigenvalue weighted by Crippen LogP contribution is -2.51. The molecule has 112 valence electrons. The Kier molecular flexibility index (Phi) is 4.46. The second-order valence-electron chi connectivity index (χ2n) is 5.35. The van der Waals surface area contributed by atoms with Crippen molar-refractivity contribution in [2.24, 2.45) is 5.92 Å². The third-order valence-electron chi connectivity index (χ3n) is 4.17. The minimum Gasteiger partial charge on any atom is -0.480 e. The molecular formula is C13H21N3O4. The lowest BCUT2D eigenvalue weighted by atomic mass is 9.96. The van der Waals surface area contributed by atoms with Gasteiger partial charge >= 0.3 is 12.0 Å². The molecule has 1 unspecified atom stereocenters. The SMILES string of the molecule is CNC(=O)C1CCN(C(=O)N2CCCC2C(=O)O)CC1. The highest BCUT2D eigenvalue weighted by Gasteiger charge is 2.37. The Labute approximate surface area is 117 Å². The molecule has 0 radical (unpaired) electrons. The first-order valence-electron chi connectivity index (χ1n) is 7.04. The fourth-order valence-electron chi connectivity index (χ4n) is 2.97. The van der Waals surface area contributed by atoms with Crippen molar-refractivity contribution in [1.29, 1.82) is 0 Å². The van der Waals surface area contributed by atoms with Crippen molar-refractivity contribution < 1.29 is 19.5 Å². The fraction of sp³-hybridized carbons (Fsp3) is 0.769. The highest BCUT2D eigenvalue weighted by molar-refractivity contribution is 5.84. The number of hydrogen-bond acceptors (Lipinski definition) is 3. The standard InChI is InChI=1S/C13H21N3O4/c1-14-11(17)9-4-7-15(8-5-9)13(20)16-6-2-3-10(16)12(18)19/h9-10H,2-8H2,1H3,(H,14,17)(H,18,19). The van der Waals surface area contributed by atoms with Crippen LogP contribution in [0.15, 0.2) is 0 Å². The van der Waals surface area contributed by atoms with Gasteiger partial charge in [0.15, 0.2) is 0 Å². The van der Waals surface area contributed by atoms with Gasteiger partial charge in [-0.15, -0.1) is 0 Å². The summed E-state index contributed by atoms with van der Waals surface area (Å²) in [6, 6.07) is -0.899. The maximum atomic E-state index is 12.3. The van der Waals surface area contributed by atoms with Gasteiger partial charge in [0.2, 0.25) is 5.91 Å². The van der Waals surface area contributed by atoms with Crippen molar-refractivity contribution in [3.05, 3.63) is 0 Å². The molecule has 2 fully saturated rings. The van der Waals surface area contributed by atoms with Crippen molar-refractivity contribution in [1.82, 2.24) is 15.1 Å². The Morgan fingerprint density at radius 2 is 1.75 bits per heavy atom. The van der Waals surface area contributed by atoms with Crippen molar-refractivity contribution >= 4 is 17.9 Å². The van der Waals surface area contributed by atoms with Crippen LogP contribution < -0.4 is 5.32 Å². The zero-order chi connectivity index (χ0) is 14.7. The number of carboxylic acid groups (broad SMARTS) is 1. The number of aliphatic carboxylic acids is 1. The van der Waals surface area contributed by atoms with E-state index < -0.39 is 12.0 Å². The van der Waals surface area contributed by atoms with Gasteiger partial charge in [-0.3, -0.25) is 4.79 Å². The summed E-state index contributed by atoms with van der Waals surface area (Å²) in [7, 11) is 1.61. The molecule has 0 aliphatic carbocycles. The summed E-state index contributed by atoms with van der Waals surface area (Å²) in [5, 5.41) is 11.7. The van der Waals surface area contributed by atoms with Crippen LogP contribution in [0.25, 0.3) is 0 Å². The van der Waals surface area contributed by atoms with Crippen molar-refractivity contribution in [2.75, 3.05) is 26.7 Å². The second-order valence-corrected chi connectivity index (χ2v) is 5.35. The third-order valence-corrected chi connectivity index (χ3v) is 4.17. The number of rotatable bonds is 2. The maximum Gasteiger partial charge on any atom is 0.326 e. The first kappa shape index (κ1) is 14.6. The molecule has 0 spiro atoms. The predicted octanol–water partition coefficient (Wildman–Crippen LogP) is 0.113. The van der Waals surface area contributed by atoms with E-state index in [0.717, 1.165) is 6.42 Å². The highest BCUT2D eigenvalue weighted by atomic mass is 16.4. The first-order chi connectivity index (χ1) is 9.54. The number of piperidine rings is 1. The van der Waals surface area contributed by atoms with Gasteiger partial charge in [-0.25, -0.2) is 9.59 Å². The highest BCUT2D eigenvalue weighted by Crippen LogP contribution is 2.23. The van der Waals surface area contributed by atoms with E-state index in [0.29, 0.717) is 38.9 Å². The molecule has 0 saturated carbocycles. The van der Waals surface area contributed by atoms with Gasteiger partial charge in [0.05, 0.1) is 0 Å². The molecule has 3 amide bonds. The molecule has 20 heavy (non-hydrogen) atoms. The molecule has 1 atom stereocenters. The topological polar surface area (TPSA) is 90.0 Å². The Bertz CT molecular complexity index is 404. The Balaban J connectivity index is 1.91. The van der Waals surface area contributed by atoms with E-state index in [1.807, 2.05) is 0 Å². The van der Waals surface area contributed by atoms with Crippen molar-refractivity contribution in [3.63, 3.8) is 0 Å². The molecular weight excluding hydrogens is 262 g/mol. The summed E-state index contributed by atoms with van der Waals surface area (Å²) in [4.78, 5) is 38.1. The minimum atomic E-state index is -0.934. The third kappa shape index (κ3) is 2.86. The van der Waals surface area contributed by atoms with E-state index in [9.17, 15) is 14.4 Å². The van der Waals surface area contributed by atoms with Gasteiger partial charge < -0.3 is 20.2 Å². The summed E-state index contributed by atoms with van der Waals surface area (Å²) < 4.78 is 0. The second kappa shape index (κ2) is 6.11. The van der Waals surface area contributed by atoms with Gasteiger partial charge in [0, 0.05) is 32.6 Å². The number of nitrogens with one attached hydrogen (secondary N) is 1. The van der Waals surface area contributed by atoms with Gasteiger partial charge in [-0.2, -0.15) is 0 Å².